The van der Waals surface area contributed by atoms with Crippen molar-refractivity contribution in [3.63, 3.8) is 0 Å². The Labute approximate surface area is 128 Å². The molecule has 1 N–H and O–H groups in total. The number of anilines is 1. The number of hydrogen-bond acceptors (Lipinski definition) is 3. The van der Waals surface area contributed by atoms with Crippen LogP contribution in [0.5, 0.6) is 0 Å². The Morgan fingerprint density at radius 2 is 1.81 bits per heavy atom. The van der Waals surface area contributed by atoms with Crippen LogP contribution >= 0.6 is 0 Å². The molecule has 0 unspecified atom stereocenters. The SMILES string of the molecule is CC(C)n1ccnc(NC2CC(C)(C)CC(C)(C)C2)c1=O. The summed E-state index contributed by atoms with van der Waals surface area (Å²) in [5.41, 5.74) is 0.574. The molecule has 118 valence electrons. The van der Waals surface area contributed by atoms with Crippen LogP contribution in [-0.2, 0) is 0 Å². The lowest BCUT2D eigenvalue weighted by Crippen LogP contribution is -2.41. The topological polar surface area (TPSA) is 46.9 Å². The van der Waals surface area contributed by atoms with Gasteiger partial charge in [-0.3, -0.25) is 4.79 Å². The minimum Gasteiger partial charge on any atom is -0.363 e. The molecule has 21 heavy (non-hydrogen) atoms. The smallest absolute Gasteiger partial charge is 0.293 e. The van der Waals surface area contributed by atoms with E-state index in [2.05, 4.69) is 38.0 Å². The zero-order valence-corrected chi connectivity index (χ0v) is 14.2. The van der Waals surface area contributed by atoms with Gasteiger partial charge in [0.2, 0.25) is 0 Å². The second kappa shape index (κ2) is 5.47. The van der Waals surface area contributed by atoms with Gasteiger partial charge in [0, 0.05) is 24.5 Å². The zero-order valence-electron chi connectivity index (χ0n) is 14.2. The molecular weight excluding hydrogens is 262 g/mol. The fraction of sp³-hybridized carbons (Fsp3) is 0.765. The summed E-state index contributed by atoms with van der Waals surface area (Å²) in [5.74, 6) is 0.490. The van der Waals surface area contributed by atoms with Gasteiger partial charge in [-0.15, -0.1) is 0 Å². The molecule has 1 heterocycles. The third-order valence-electron chi connectivity index (χ3n) is 4.32. The van der Waals surface area contributed by atoms with E-state index in [0.29, 0.717) is 22.7 Å². The lowest BCUT2D eigenvalue weighted by atomic mass is 9.63. The van der Waals surface area contributed by atoms with Crippen molar-refractivity contribution in [1.82, 2.24) is 9.55 Å². The molecule has 1 aromatic rings. The Balaban J connectivity index is 2.22. The maximum absolute atomic E-state index is 12.4. The molecule has 0 saturated heterocycles. The van der Waals surface area contributed by atoms with Crippen molar-refractivity contribution in [3.05, 3.63) is 22.7 Å². The molecular formula is C17H29N3O. The lowest BCUT2D eigenvalue weighted by Gasteiger charge is -2.45. The van der Waals surface area contributed by atoms with Crippen LogP contribution in [0.25, 0.3) is 0 Å². The molecule has 1 saturated carbocycles. The minimum atomic E-state index is -0.0197. The molecule has 1 fully saturated rings. The minimum absolute atomic E-state index is 0.0197. The summed E-state index contributed by atoms with van der Waals surface area (Å²) in [6, 6.07) is 0.465. The van der Waals surface area contributed by atoms with E-state index < -0.39 is 0 Å². The summed E-state index contributed by atoms with van der Waals surface area (Å²) < 4.78 is 1.73. The average molecular weight is 291 g/mol. The van der Waals surface area contributed by atoms with Crippen LogP contribution in [0.1, 0.15) is 66.8 Å². The number of nitrogens with one attached hydrogen (secondary N) is 1. The van der Waals surface area contributed by atoms with Gasteiger partial charge in [-0.2, -0.15) is 0 Å². The Morgan fingerprint density at radius 3 is 2.33 bits per heavy atom. The van der Waals surface area contributed by atoms with Crippen LogP contribution in [0, 0.1) is 10.8 Å². The fourth-order valence-corrected chi connectivity index (χ4v) is 4.07. The zero-order chi connectivity index (χ0) is 15.8. The fourth-order valence-electron chi connectivity index (χ4n) is 4.07. The summed E-state index contributed by atoms with van der Waals surface area (Å²) in [4.78, 5) is 16.7. The summed E-state index contributed by atoms with van der Waals surface area (Å²) in [6.45, 7) is 13.3. The summed E-state index contributed by atoms with van der Waals surface area (Å²) in [7, 11) is 0. The van der Waals surface area contributed by atoms with Crippen LogP contribution in [0.3, 0.4) is 0 Å². The second-order valence-electron chi connectivity index (χ2n) is 8.34. The first-order valence-electron chi connectivity index (χ1n) is 7.93. The number of rotatable bonds is 3. The molecule has 1 aliphatic carbocycles. The van der Waals surface area contributed by atoms with Crippen molar-refractivity contribution in [2.24, 2.45) is 10.8 Å². The number of aromatic nitrogens is 2. The van der Waals surface area contributed by atoms with E-state index in [1.165, 1.54) is 6.42 Å². The molecule has 0 atom stereocenters. The normalized spacial score (nSPS) is 21.5. The molecule has 1 aromatic heterocycles. The van der Waals surface area contributed by atoms with E-state index in [0.717, 1.165) is 12.8 Å². The third-order valence-corrected chi connectivity index (χ3v) is 4.32. The molecule has 0 bridgehead atoms. The van der Waals surface area contributed by atoms with Gasteiger partial charge < -0.3 is 9.88 Å². The van der Waals surface area contributed by atoms with Crippen LogP contribution in [0.2, 0.25) is 0 Å². The van der Waals surface area contributed by atoms with E-state index in [9.17, 15) is 4.79 Å². The highest BCUT2D eigenvalue weighted by molar-refractivity contribution is 5.33. The first-order valence-corrected chi connectivity index (χ1v) is 7.93. The summed E-state index contributed by atoms with van der Waals surface area (Å²) in [5, 5.41) is 3.41. The van der Waals surface area contributed by atoms with Crippen molar-refractivity contribution in [2.45, 2.75) is 72.9 Å². The van der Waals surface area contributed by atoms with Crippen molar-refractivity contribution in [3.8, 4) is 0 Å². The highest BCUT2D eigenvalue weighted by atomic mass is 16.1. The Hall–Kier alpha value is -1.32. The molecule has 0 amide bonds. The van der Waals surface area contributed by atoms with E-state index >= 15 is 0 Å². The molecule has 4 nitrogen and oxygen atoms in total. The Morgan fingerprint density at radius 1 is 1.24 bits per heavy atom. The monoisotopic (exact) mass is 291 g/mol. The molecule has 0 spiro atoms. The highest BCUT2D eigenvalue weighted by Gasteiger charge is 2.38. The predicted octanol–water partition coefficient (Wildman–Crippen LogP) is 3.84. The van der Waals surface area contributed by atoms with Crippen molar-refractivity contribution in [2.75, 3.05) is 5.32 Å². The maximum Gasteiger partial charge on any atom is 0.293 e. The van der Waals surface area contributed by atoms with Crippen molar-refractivity contribution < 1.29 is 0 Å². The van der Waals surface area contributed by atoms with E-state index in [4.69, 9.17) is 0 Å². The van der Waals surface area contributed by atoms with E-state index in [-0.39, 0.29) is 11.6 Å². The van der Waals surface area contributed by atoms with Crippen molar-refractivity contribution in [1.29, 1.82) is 0 Å². The van der Waals surface area contributed by atoms with Crippen molar-refractivity contribution >= 4 is 5.82 Å². The van der Waals surface area contributed by atoms with Crippen LogP contribution in [-0.4, -0.2) is 15.6 Å². The highest BCUT2D eigenvalue weighted by Crippen LogP contribution is 2.46. The molecule has 1 aliphatic rings. The van der Waals surface area contributed by atoms with E-state index in [1.807, 2.05) is 13.8 Å². The quantitative estimate of drug-likeness (QED) is 0.920. The predicted molar refractivity (Wildman–Crippen MR) is 87.7 cm³/mol. The molecule has 4 heteroatoms. The lowest BCUT2D eigenvalue weighted by molar-refractivity contribution is 0.105. The van der Waals surface area contributed by atoms with Gasteiger partial charge in [0.1, 0.15) is 0 Å². The van der Waals surface area contributed by atoms with Crippen LogP contribution in [0.15, 0.2) is 17.2 Å². The number of hydrogen-bond donors (Lipinski definition) is 1. The van der Waals surface area contributed by atoms with Gasteiger partial charge in [0.15, 0.2) is 5.82 Å². The largest absolute Gasteiger partial charge is 0.363 e. The molecule has 0 aliphatic heterocycles. The van der Waals surface area contributed by atoms with Gasteiger partial charge >= 0.3 is 0 Å². The average Bonchev–Trinajstić information content (AvgIpc) is 2.27. The number of nitrogens with zero attached hydrogens (tertiary/aromatic N) is 2. The second-order valence-corrected chi connectivity index (χ2v) is 8.34. The first kappa shape index (κ1) is 16.1. The Kier molecular flexibility index (Phi) is 4.18. The summed E-state index contributed by atoms with van der Waals surface area (Å²) in [6.07, 6.45) is 6.84. The van der Waals surface area contributed by atoms with Gasteiger partial charge in [-0.1, -0.05) is 27.7 Å². The van der Waals surface area contributed by atoms with E-state index in [1.54, 1.807) is 17.0 Å². The van der Waals surface area contributed by atoms with Gasteiger partial charge in [-0.25, -0.2) is 4.98 Å². The molecule has 2 rings (SSSR count). The standard InChI is InChI=1S/C17H29N3O/c1-12(2)20-8-7-18-14(15(20)21)19-13-9-16(3,4)11-17(5,6)10-13/h7-8,12-13H,9-11H2,1-6H3,(H,18,19). The van der Waals surface area contributed by atoms with Crippen LogP contribution in [0.4, 0.5) is 5.82 Å². The molecule has 0 radical (unpaired) electrons. The molecule has 0 aromatic carbocycles. The first-order chi connectivity index (χ1) is 9.60. The van der Waals surface area contributed by atoms with Gasteiger partial charge in [0.25, 0.3) is 5.56 Å². The maximum atomic E-state index is 12.4. The third kappa shape index (κ3) is 3.86. The van der Waals surface area contributed by atoms with Crippen LogP contribution < -0.4 is 10.9 Å². The summed E-state index contributed by atoms with van der Waals surface area (Å²) >= 11 is 0. The van der Waals surface area contributed by atoms with Gasteiger partial charge in [-0.05, 0) is 43.9 Å². The van der Waals surface area contributed by atoms with Gasteiger partial charge in [0.05, 0.1) is 0 Å². The Bertz CT molecular complexity index is 541.